The Bertz CT molecular complexity index is 736. The summed E-state index contributed by atoms with van der Waals surface area (Å²) in [6.45, 7) is 4.84. The van der Waals surface area contributed by atoms with Gasteiger partial charge in [0.2, 0.25) is 0 Å². The van der Waals surface area contributed by atoms with Gasteiger partial charge in [0, 0.05) is 17.6 Å². The molecule has 3 nitrogen and oxygen atoms in total. The molecule has 0 amide bonds. The molecule has 2 aromatic rings. The zero-order valence-electron chi connectivity index (χ0n) is 15.9. The van der Waals surface area contributed by atoms with Gasteiger partial charge in [0.15, 0.2) is 0 Å². The van der Waals surface area contributed by atoms with Crippen molar-refractivity contribution in [3.05, 3.63) is 60.2 Å². The standard InChI is InChI=1S/C22H28FNO2/c1-21(2,22(3,25)16-23)24-15-7-8-17-11-13-18(14-12-17)19-9-5-6-10-20(19)26-4/h5-14,24-25H,15-16H2,1-4H3/b8-7+/t22-/m1/s1. The van der Waals surface area contributed by atoms with Crippen molar-refractivity contribution in [1.82, 2.24) is 5.32 Å². The third kappa shape index (κ3) is 4.71. The SMILES string of the molecule is COc1ccccc1-c1ccc(/C=C/CNC(C)(C)[C@](C)(O)CF)cc1. The van der Waals surface area contributed by atoms with E-state index in [4.69, 9.17) is 4.74 Å². The van der Waals surface area contributed by atoms with E-state index >= 15 is 0 Å². The molecule has 2 N–H and O–H groups in total. The summed E-state index contributed by atoms with van der Waals surface area (Å²) < 4.78 is 18.4. The number of para-hydroxylation sites is 1. The number of methoxy groups -OCH3 is 1. The van der Waals surface area contributed by atoms with Gasteiger partial charge < -0.3 is 15.2 Å². The lowest BCUT2D eigenvalue weighted by Gasteiger charge is -2.38. The highest BCUT2D eigenvalue weighted by Crippen LogP contribution is 2.29. The Hall–Kier alpha value is -2.17. The average Bonchev–Trinajstić information content (AvgIpc) is 2.65. The van der Waals surface area contributed by atoms with E-state index in [1.807, 2.05) is 48.6 Å². The number of hydrogen-bond acceptors (Lipinski definition) is 3. The number of aliphatic hydroxyl groups is 1. The van der Waals surface area contributed by atoms with Crippen LogP contribution in [0, 0.1) is 0 Å². The summed E-state index contributed by atoms with van der Waals surface area (Å²) >= 11 is 0. The fraction of sp³-hybridized carbons (Fsp3) is 0.364. The van der Waals surface area contributed by atoms with Crippen LogP contribution in [0.4, 0.5) is 4.39 Å². The van der Waals surface area contributed by atoms with Crippen LogP contribution in [0.25, 0.3) is 17.2 Å². The minimum atomic E-state index is -1.41. The van der Waals surface area contributed by atoms with E-state index in [0.29, 0.717) is 6.54 Å². The first-order valence-corrected chi connectivity index (χ1v) is 8.74. The maximum Gasteiger partial charge on any atom is 0.126 e. The Balaban J connectivity index is 2.00. The first-order chi connectivity index (χ1) is 12.3. The molecule has 0 radical (unpaired) electrons. The number of alkyl halides is 1. The first kappa shape index (κ1) is 20.1. The number of benzene rings is 2. The van der Waals surface area contributed by atoms with Crippen LogP contribution in [0.5, 0.6) is 5.75 Å². The summed E-state index contributed by atoms with van der Waals surface area (Å²) in [5, 5.41) is 13.3. The molecular weight excluding hydrogens is 329 g/mol. The van der Waals surface area contributed by atoms with Gasteiger partial charge in [-0.15, -0.1) is 0 Å². The fourth-order valence-corrected chi connectivity index (χ4v) is 2.52. The molecule has 2 aromatic carbocycles. The molecule has 0 aliphatic rings. The third-order valence-corrected chi connectivity index (χ3v) is 4.91. The lowest BCUT2D eigenvalue weighted by Crippen LogP contribution is -2.58. The molecular formula is C22H28FNO2. The molecule has 0 aliphatic heterocycles. The zero-order chi connectivity index (χ0) is 19.2. The zero-order valence-corrected chi connectivity index (χ0v) is 15.9. The molecule has 4 heteroatoms. The second kappa shape index (κ2) is 8.47. The number of nitrogens with one attached hydrogen (secondary N) is 1. The molecule has 0 unspecified atom stereocenters. The van der Waals surface area contributed by atoms with E-state index < -0.39 is 17.8 Å². The van der Waals surface area contributed by atoms with Gasteiger partial charge in [-0.25, -0.2) is 4.39 Å². The Morgan fingerprint density at radius 2 is 1.73 bits per heavy atom. The minimum Gasteiger partial charge on any atom is -0.496 e. The van der Waals surface area contributed by atoms with Gasteiger partial charge in [-0.1, -0.05) is 54.6 Å². The van der Waals surface area contributed by atoms with Crippen molar-refractivity contribution in [2.75, 3.05) is 20.3 Å². The van der Waals surface area contributed by atoms with Crippen LogP contribution in [0.2, 0.25) is 0 Å². The highest BCUT2D eigenvalue weighted by Gasteiger charge is 2.38. The second-order valence-corrected chi connectivity index (χ2v) is 7.14. The number of hydrogen-bond donors (Lipinski definition) is 2. The first-order valence-electron chi connectivity index (χ1n) is 8.74. The van der Waals surface area contributed by atoms with E-state index in [0.717, 1.165) is 22.4 Å². The van der Waals surface area contributed by atoms with Gasteiger partial charge in [-0.2, -0.15) is 0 Å². The largest absolute Gasteiger partial charge is 0.496 e. The van der Waals surface area contributed by atoms with Gasteiger partial charge >= 0.3 is 0 Å². The molecule has 0 aliphatic carbocycles. The summed E-state index contributed by atoms with van der Waals surface area (Å²) in [5.74, 6) is 0.849. The van der Waals surface area contributed by atoms with Gasteiger partial charge in [0.25, 0.3) is 0 Å². The van der Waals surface area contributed by atoms with Crippen molar-refractivity contribution >= 4 is 6.08 Å². The molecule has 0 aromatic heterocycles. The molecule has 2 rings (SSSR count). The van der Waals surface area contributed by atoms with Gasteiger partial charge in [-0.3, -0.25) is 0 Å². The Kier molecular flexibility index (Phi) is 6.57. The fourth-order valence-electron chi connectivity index (χ4n) is 2.52. The lowest BCUT2D eigenvalue weighted by atomic mass is 9.85. The van der Waals surface area contributed by atoms with E-state index in [1.165, 1.54) is 6.92 Å². The highest BCUT2D eigenvalue weighted by molar-refractivity contribution is 5.71. The summed E-state index contributed by atoms with van der Waals surface area (Å²) in [6.07, 6.45) is 3.97. The Morgan fingerprint density at radius 3 is 2.35 bits per heavy atom. The van der Waals surface area contributed by atoms with Crippen molar-refractivity contribution in [3.8, 4) is 16.9 Å². The predicted octanol–water partition coefficient (Wildman–Crippen LogP) is 4.46. The van der Waals surface area contributed by atoms with Gasteiger partial charge in [0.05, 0.1) is 7.11 Å². The summed E-state index contributed by atoms with van der Waals surface area (Å²) in [5.41, 5.74) is 1.09. The minimum absolute atomic E-state index is 0.539. The predicted molar refractivity (Wildman–Crippen MR) is 106 cm³/mol. The molecule has 26 heavy (non-hydrogen) atoms. The van der Waals surface area contributed by atoms with Crippen LogP contribution in [0.15, 0.2) is 54.6 Å². The van der Waals surface area contributed by atoms with Crippen molar-refractivity contribution in [2.45, 2.75) is 31.9 Å². The molecule has 0 saturated heterocycles. The third-order valence-electron chi connectivity index (χ3n) is 4.91. The maximum absolute atomic E-state index is 13.0. The van der Waals surface area contributed by atoms with Crippen LogP contribution in [0.3, 0.4) is 0 Å². The monoisotopic (exact) mass is 357 g/mol. The van der Waals surface area contributed by atoms with E-state index in [1.54, 1.807) is 21.0 Å². The average molecular weight is 357 g/mol. The van der Waals surface area contributed by atoms with Crippen LogP contribution >= 0.6 is 0 Å². The van der Waals surface area contributed by atoms with Crippen LogP contribution in [-0.2, 0) is 0 Å². The molecule has 0 bridgehead atoms. The van der Waals surface area contributed by atoms with E-state index in [9.17, 15) is 9.50 Å². The summed E-state index contributed by atoms with van der Waals surface area (Å²) in [6, 6.07) is 16.1. The van der Waals surface area contributed by atoms with E-state index in [2.05, 4.69) is 17.4 Å². The second-order valence-electron chi connectivity index (χ2n) is 7.14. The molecule has 0 heterocycles. The molecule has 0 fully saturated rings. The van der Waals surface area contributed by atoms with Gasteiger partial charge in [-0.05, 0) is 38.0 Å². The van der Waals surface area contributed by atoms with Crippen molar-refractivity contribution in [1.29, 1.82) is 0 Å². The van der Waals surface area contributed by atoms with Crippen molar-refractivity contribution in [2.24, 2.45) is 0 Å². The molecule has 0 spiro atoms. The smallest absolute Gasteiger partial charge is 0.126 e. The summed E-state index contributed by atoms with van der Waals surface area (Å²) in [7, 11) is 1.67. The molecule has 0 saturated carbocycles. The Morgan fingerprint density at radius 1 is 1.08 bits per heavy atom. The number of rotatable bonds is 8. The normalized spacial score (nSPS) is 14.4. The van der Waals surface area contributed by atoms with Crippen LogP contribution in [-0.4, -0.2) is 36.6 Å². The topological polar surface area (TPSA) is 41.5 Å². The number of ether oxygens (including phenoxy) is 1. The number of halogens is 1. The van der Waals surface area contributed by atoms with Crippen LogP contribution < -0.4 is 10.1 Å². The quantitative estimate of drug-likeness (QED) is 0.733. The van der Waals surface area contributed by atoms with Crippen LogP contribution in [0.1, 0.15) is 26.3 Å². The van der Waals surface area contributed by atoms with Crippen molar-refractivity contribution < 1.29 is 14.2 Å². The maximum atomic E-state index is 13.0. The highest BCUT2D eigenvalue weighted by atomic mass is 19.1. The molecule has 140 valence electrons. The Labute approximate surface area is 155 Å². The van der Waals surface area contributed by atoms with E-state index in [-0.39, 0.29) is 0 Å². The summed E-state index contributed by atoms with van der Waals surface area (Å²) in [4.78, 5) is 0. The lowest BCUT2D eigenvalue weighted by molar-refractivity contribution is -0.0385. The van der Waals surface area contributed by atoms with Gasteiger partial charge in [0.1, 0.15) is 18.0 Å². The molecule has 1 atom stereocenters. The van der Waals surface area contributed by atoms with Crippen molar-refractivity contribution in [3.63, 3.8) is 0 Å².